The van der Waals surface area contributed by atoms with E-state index in [2.05, 4.69) is 17.6 Å². The highest BCUT2D eigenvalue weighted by molar-refractivity contribution is 4.84. The highest BCUT2D eigenvalue weighted by Crippen LogP contribution is 2.30. The predicted octanol–water partition coefficient (Wildman–Crippen LogP) is 3.61. The Labute approximate surface area is 94.5 Å². The summed E-state index contributed by atoms with van der Waals surface area (Å²) in [5.41, 5.74) is 0. The highest BCUT2D eigenvalue weighted by atomic mass is 15.2. The molecule has 0 aromatic rings. The molecule has 1 heterocycles. The van der Waals surface area contributed by atoms with Crippen LogP contribution in [-0.2, 0) is 0 Å². The molecule has 0 aromatic heterocycles. The van der Waals surface area contributed by atoms with Crippen molar-refractivity contribution in [2.45, 2.75) is 57.4 Å². The minimum Gasteiger partial charge on any atom is -0.300 e. The van der Waals surface area contributed by atoms with Gasteiger partial charge in [-0.3, -0.25) is 0 Å². The second-order valence-corrected chi connectivity index (χ2v) is 5.30. The van der Waals surface area contributed by atoms with Gasteiger partial charge in [0.25, 0.3) is 0 Å². The van der Waals surface area contributed by atoms with E-state index in [1.54, 1.807) is 0 Å². The third-order valence-corrected chi connectivity index (χ3v) is 4.22. The van der Waals surface area contributed by atoms with E-state index in [4.69, 9.17) is 0 Å². The first-order valence-corrected chi connectivity index (χ1v) is 6.75. The minimum absolute atomic E-state index is 0.923. The van der Waals surface area contributed by atoms with Crippen LogP contribution in [0.25, 0.3) is 0 Å². The molecule has 2 aliphatic rings. The number of rotatable bonds is 3. The minimum atomic E-state index is 0.923. The van der Waals surface area contributed by atoms with E-state index < -0.39 is 0 Å². The summed E-state index contributed by atoms with van der Waals surface area (Å²) in [6.07, 6.45) is 13.4. The molecule has 0 bridgehead atoms. The van der Waals surface area contributed by atoms with Gasteiger partial charge in [0.2, 0.25) is 0 Å². The molecule has 0 N–H and O–H groups in total. The Morgan fingerprint density at radius 3 is 2.27 bits per heavy atom. The van der Waals surface area contributed by atoms with Gasteiger partial charge in [-0.05, 0) is 64.0 Å². The van der Waals surface area contributed by atoms with Crippen molar-refractivity contribution in [2.75, 3.05) is 13.1 Å². The topological polar surface area (TPSA) is 3.24 Å². The zero-order valence-corrected chi connectivity index (χ0v) is 9.96. The summed E-state index contributed by atoms with van der Waals surface area (Å²) < 4.78 is 0. The van der Waals surface area contributed by atoms with Crippen LogP contribution in [0.4, 0.5) is 0 Å². The first kappa shape index (κ1) is 11.2. The van der Waals surface area contributed by atoms with Crippen LogP contribution in [0.5, 0.6) is 0 Å². The number of nitrogens with zero attached hydrogens (tertiary/aromatic N) is 1. The highest BCUT2D eigenvalue weighted by Gasteiger charge is 2.25. The first-order valence-electron chi connectivity index (χ1n) is 6.75. The Morgan fingerprint density at radius 2 is 1.67 bits per heavy atom. The zero-order valence-electron chi connectivity index (χ0n) is 9.96. The Kier molecular flexibility index (Phi) is 4.25. The smallest absolute Gasteiger partial charge is 0.00954 e. The molecule has 2 rings (SSSR count). The molecule has 0 atom stereocenters. The lowest BCUT2D eigenvalue weighted by atomic mass is 9.83. The van der Waals surface area contributed by atoms with Crippen LogP contribution in [0.3, 0.4) is 0 Å². The third kappa shape index (κ3) is 3.07. The van der Waals surface area contributed by atoms with Gasteiger partial charge in [0.05, 0.1) is 0 Å². The lowest BCUT2D eigenvalue weighted by molar-refractivity contribution is 0.115. The van der Waals surface area contributed by atoms with Crippen LogP contribution in [-0.4, -0.2) is 24.0 Å². The molecular formula is C14H25N. The van der Waals surface area contributed by atoms with Gasteiger partial charge in [0.1, 0.15) is 0 Å². The van der Waals surface area contributed by atoms with Gasteiger partial charge in [0.15, 0.2) is 0 Å². The lowest BCUT2D eigenvalue weighted by Gasteiger charge is -2.38. The zero-order chi connectivity index (χ0) is 10.5. The molecule has 0 amide bonds. The summed E-state index contributed by atoms with van der Waals surface area (Å²) in [6, 6.07) is 0.923. The van der Waals surface area contributed by atoms with Crippen LogP contribution < -0.4 is 0 Å². The van der Waals surface area contributed by atoms with E-state index in [0.29, 0.717) is 0 Å². The number of hydrogen-bond donors (Lipinski definition) is 0. The fourth-order valence-corrected chi connectivity index (χ4v) is 3.26. The van der Waals surface area contributed by atoms with Crippen LogP contribution in [0, 0.1) is 5.92 Å². The number of piperidine rings is 1. The molecule has 15 heavy (non-hydrogen) atoms. The van der Waals surface area contributed by atoms with Crippen molar-refractivity contribution in [1.29, 1.82) is 0 Å². The molecule has 1 heteroatoms. The van der Waals surface area contributed by atoms with Gasteiger partial charge in [-0.1, -0.05) is 12.5 Å². The van der Waals surface area contributed by atoms with Crippen LogP contribution in [0.2, 0.25) is 0 Å². The van der Waals surface area contributed by atoms with Crippen molar-refractivity contribution in [3.8, 4) is 0 Å². The summed E-state index contributed by atoms with van der Waals surface area (Å²) >= 11 is 0. The van der Waals surface area contributed by atoms with Crippen molar-refractivity contribution in [3.05, 3.63) is 12.7 Å². The number of allylic oxidation sites excluding steroid dienone is 1. The monoisotopic (exact) mass is 207 g/mol. The summed E-state index contributed by atoms with van der Waals surface area (Å²) in [6.45, 7) is 6.60. The Morgan fingerprint density at radius 1 is 1.00 bits per heavy atom. The summed E-state index contributed by atoms with van der Waals surface area (Å²) in [5.74, 6) is 0.948. The fraction of sp³-hybridized carbons (Fsp3) is 0.857. The average Bonchev–Trinajstić information content (AvgIpc) is 2.32. The molecule has 0 radical (unpaired) electrons. The quantitative estimate of drug-likeness (QED) is 0.639. The van der Waals surface area contributed by atoms with Gasteiger partial charge >= 0.3 is 0 Å². The second-order valence-electron chi connectivity index (χ2n) is 5.30. The third-order valence-electron chi connectivity index (χ3n) is 4.22. The van der Waals surface area contributed by atoms with Crippen LogP contribution >= 0.6 is 0 Å². The molecule has 1 aliphatic heterocycles. The maximum Gasteiger partial charge on any atom is 0.00954 e. The van der Waals surface area contributed by atoms with Gasteiger partial charge in [0, 0.05) is 6.04 Å². The number of likely N-dealkylation sites (tertiary alicyclic amines) is 1. The van der Waals surface area contributed by atoms with Crippen molar-refractivity contribution >= 4 is 0 Å². The number of hydrogen-bond acceptors (Lipinski definition) is 1. The maximum absolute atomic E-state index is 3.85. The molecule has 1 saturated carbocycles. The van der Waals surface area contributed by atoms with E-state index >= 15 is 0 Å². The largest absolute Gasteiger partial charge is 0.300 e. The van der Waals surface area contributed by atoms with Crippen molar-refractivity contribution in [3.63, 3.8) is 0 Å². The fourth-order valence-electron chi connectivity index (χ4n) is 3.26. The van der Waals surface area contributed by atoms with E-state index in [-0.39, 0.29) is 0 Å². The second kappa shape index (κ2) is 5.69. The molecular weight excluding hydrogens is 182 g/mol. The summed E-state index contributed by atoms with van der Waals surface area (Å²) in [4.78, 5) is 2.76. The van der Waals surface area contributed by atoms with E-state index in [9.17, 15) is 0 Å². The Bertz CT molecular complexity index is 186. The molecule has 86 valence electrons. The normalized spacial score (nSPS) is 33.9. The molecule has 0 aromatic carbocycles. The first-order chi connectivity index (χ1) is 7.40. The van der Waals surface area contributed by atoms with Crippen molar-refractivity contribution < 1.29 is 0 Å². The van der Waals surface area contributed by atoms with Gasteiger partial charge in [-0.2, -0.15) is 0 Å². The van der Waals surface area contributed by atoms with Gasteiger partial charge in [-0.15, -0.1) is 6.58 Å². The van der Waals surface area contributed by atoms with E-state index in [1.165, 1.54) is 64.5 Å². The molecule has 1 aliphatic carbocycles. The van der Waals surface area contributed by atoms with Crippen LogP contribution in [0.15, 0.2) is 12.7 Å². The molecule has 1 saturated heterocycles. The van der Waals surface area contributed by atoms with Gasteiger partial charge in [-0.25, -0.2) is 0 Å². The Hall–Kier alpha value is -0.300. The van der Waals surface area contributed by atoms with Gasteiger partial charge < -0.3 is 4.90 Å². The summed E-state index contributed by atoms with van der Waals surface area (Å²) in [7, 11) is 0. The Balaban J connectivity index is 1.74. The van der Waals surface area contributed by atoms with Crippen molar-refractivity contribution in [2.24, 2.45) is 5.92 Å². The molecule has 1 nitrogen and oxygen atoms in total. The molecule has 2 fully saturated rings. The lowest BCUT2D eigenvalue weighted by Crippen LogP contribution is -2.41. The average molecular weight is 207 g/mol. The predicted molar refractivity (Wildman–Crippen MR) is 66.0 cm³/mol. The standard InChI is InChI=1S/C14H25N/c1-2-6-13-7-9-14(10-8-13)15-11-4-3-5-12-15/h2,13-14H,1,3-12H2. The van der Waals surface area contributed by atoms with E-state index in [1.807, 2.05) is 0 Å². The SMILES string of the molecule is C=CCC1CCC(N2CCCCC2)CC1. The summed E-state index contributed by atoms with van der Waals surface area (Å²) in [5, 5.41) is 0. The van der Waals surface area contributed by atoms with Crippen LogP contribution in [0.1, 0.15) is 51.4 Å². The van der Waals surface area contributed by atoms with Crippen molar-refractivity contribution in [1.82, 2.24) is 4.90 Å². The molecule has 0 spiro atoms. The van der Waals surface area contributed by atoms with E-state index in [0.717, 1.165) is 12.0 Å². The maximum atomic E-state index is 3.85. The molecule has 0 unspecified atom stereocenters.